The molecule has 0 aliphatic heterocycles. The summed E-state index contributed by atoms with van der Waals surface area (Å²) in [7, 11) is 0. The summed E-state index contributed by atoms with van der Waals surface area (Å²) < 4.78 is 0. The molecule has 4 atom stereocenters. The molecule has 3 nitrogen and oxygen atoms in total. The Balaban J connectivity index is 1.52. The van der Waals surface area contributed by atoms with Crippen LogP contribution >= 0.6 is 0 Å². The Morgan fingerprint density at radius 1 is 1.26 bits per heavy atom. The van der Waals surface area contributed by atoms with Crippen molar-refractivity contribution in [3.63, 3.8) is 0 Å². The van der Waals surface area contributed by atoms with Gasteiger partial charge in [-0.05, 0) is 50.2 Å². The minimum Gasteiger partial charge on any atom is -0.341 e. The van der Waals surface area contributed by atoms with E-state index in [-0.39, 0.29) is 0 Å². The second kappa shape index (κ2) is 4.34. The number of para-hydroxylation sites is 2. The van der Waals surface area contributed by atoms with Crippen LogP contribution in [-0.2, 0) is 0 Å². The van der Waals surface area contributed by atoms with Crippen LogP contribution in [0.2, 0.25) is 0 Å². The van der Waals surface area contributed by atoms with Crippen molar-refractivity contribution in [1.82, 2.24) is 15.3 Å². The molecular weight excluding hydrogens is 234 g/mol. The van der Waals surface area contributed by atoms with E-state index in [0.717, 1.165) is 28.7 Å². The molecule has 0 amide bonds. The van der Waals surface area contributed by atoms with Gasteiger partial charge >= 0.3 is 0 Å². The quantitative estimate of drug-likeness (QED) is 0.882. The molecule has 2 saturated carbocycles. The lowest BCUT2D eigenvalue weighted by atomic mass is 9.95. The number of hydrogen-bond acceptors (Lipinski definition) is 2. The molecule has 2 aromatic rings. The standard InChI is InChI=1S/C16H21N3/c1-10(17-15-9-11-6-7-12(15)8-11)16-18-13-4-2-3-5-14(13)19-16/h2-5,10-12,15,17H,6-9H2,1H3,(H,18,19). The molecule has 2 aliphatic carbocycles. The van der Waals surface area contributed by atoms with E-state index in [1.807, 2.05) is 6.07 Å². The molecule has 2 fully saturated rings. The highest BCUT2D eigenvalue weighted by molar-refractivity contribution is 5.74. The number of rotatable bonds is 3. The van der Waals surface area contributed by atoms with Crippen LogP contribution in [0.5, 0.6) is 0 Å². The van der Waals surface area contributed by atoms with Crippen molar-refractivity contribution in [2.24, 2.45) is 11.8 Å². The molecular formula is C16H21N3. The maximum Gasteiger partial charge on any atom is 0.124 e. The Morgan fingerprint density at radius 3 is 2.89 bits per heavy atom. The van der Waals surface area contributed by atoms with Crippen molar-refractivity contribution < 1.29 is 0 Å². The Labute approximate surface area is 113 Å². The molecule has 19 heavy (non-hydrogen) atoms. The second-order valence-electron chi connectivity index (χ2n) is 6.31. The zero-order valence-corrected chi connectivity index (χ0v) is 11.4. The minimum atomic E-state index is 0.316. The number of benzene rings is 1. The van der Waals surface area contributed by atoms with Crippen molar-refractivity contribution in [1.29, 1.82) is 0 Å². The first-order chi connectivity index (χ1) is 9.29. The van der Waals surface area contributed by atoms with Crippen LogP contribution in [-0.4, -0.2) is 16.0 Å². The summed E-state index contributed by atoms with van der Waals surface area (Å²) in [6.45, 7) is 2.23. The number of aromatic amines is 1. The first-order valence-corrected chi connectivity index (χ1v) is 7.50. The van der Waals surface area contributed by atoms with Gasteiger partial charge in [0.05, 0.1) is 17.1 Å². The molecule has 100 valence electrons. The average molecular weight is 255 g/mol. The van der Waals surface area contributed by atoms with Crippen LogP contribution in [0.1, 0.15) is 44.5 Å². The molecule has 0 spiro atoms. The molecule has 3 heteroatoms. The number of imidazole rings is 1. The molecule has 0 radical (unpaired) electrons. The van der Waals surface area contributed by atoms with Crippen molar-refractivity contribution in [2.75, 3.05) is 0 Å². The van der Waals surface area contributed by atoms with Crippen LogP contribution < -0.4 is 5.32 Å². The number of hydrogen-bond donors (Lipinski definition) is 2. The molecule has 1 aromatic carbocycles. The fraction of sp³-hybridized carbons (Fsp3) is 0.562. The van der Waals surface area contributed by atoms with Crippen molar-refractivity contribution in [2.45, 2.75) is 44.7 Å². The lowest BCUT2D eigenvalue weighted by molar-refractivity contribution is 0.323. The normalized spacial score (nSPS) is 31.1. The Morgan fingerprint density at radius 2 is 2.16 bits per heavy atom. The van der Waals surface area contributed by atoms with E-state index < -0.39 is 0 Å². The van der Waals surface area contributed by atoms with Crippen LogP contribution in [0, 0.1) is 11.8 Å². The van der Waals surface area contributed by atoms with Crippen LogP contribution in [0.3, 0.4) is 0 Å². The van der Waals surface area contributed by atoms with E-state index in [4.69, 9.17) is 4.98 Å². The van der Waals surface area contributed by atoms with E-state index in [9.17, 15) is 0 Å². The predicted octanol–water partition coefficient (Wildman–Crippen LogP) is 3.40. The highest BCUT2D eigenvalue weighted by Gasteiger charge is 2.39. The van der Waals surface area contributed by atoms with Crippen molar-refractivity contribution in [3.8, 4) is 0 Å². The van der Waals surface area contributed by atoms with Crippen LogP contribution in [0.15, 0.2) is 24.3 Å². The first kappa shape index (κ1) is 11.5. The van der Waals surface area contributed by atoms with Gasteiger partial charge in [-0.3, -0.25) is 0 Å². The van der Waals surface area contributed by atoms with E-state index in [0.29, 0.717) is 12.1 Å². The molecule has 4 unspecified atom stereocenters. The van der Waals surface area contributed by atoms with Gasteiger partial charge in [0.2, 0.25) is 0 Å². The number of H-pyrrole nitrogens is 1. The summed E-state index contributed by atoms with van der Waals surface area (Å²) in [6.07, 6.45) is 5.71. The van der Waals surface area contributed by atoms with E-state index >= 15 is 0 Å². The van der Waals surface area contributed by atoms with Crippen molar-refractivity contribution >= 4 is 11.0 Å². The van der Waals surface area contributed by atoms with E-state index in [2.05, 4.69) is 35.4 Å². The van der Waals surface area contributed by atoms with Gasteiger partial charge in [-0.15, -0.1) is 0 Å². The lowest BCUT2D eigenvalue weighted by Gasteiger charge is -2.25. The van der Waals surface area contributed by atoms with Gasteiger partial charge in [-0.25, -0.2) is 4.98 Å². The lowest BCUT2D eigenvalue weighted by Crippen LogP contribution is -2.36. The number of fused-ring (bicyclic) bond motifs is 3. The zero-order chi connectivity index (χ0) is 12.8. The van der Waals surface area contributed by atoms with Crippen LogP contribution in [0.25, 0.3) is 11.0 Å². The monoisotopic (exact) mass is 255 g/mol. The summed E-state index contributed by atoms with van der Waals surface area (Å²) in [5, 5.41) is 3.79. The molecule has 2 bridgehead atoms. The SMILES string of the molecule is CC(NC1CC2CCC1C2)c1nc2ccccc2[nH]1. The third kappa shape index (κ3) is 1.96. The summed E-state index contributed by atoms with van der Waals surface area (Å²) in [5.74, 6) is 2.98. The van der Waals surface area contributed by atoms with E-state index in [1.165, 1.54) is 25.7 Å². The fourth-order valence-electron chi connectivity index (χ4n) is 4.03. The zero-order valence-electron chi connectivity index (χ0n) is 11.4. The maximum atomic E-state index is 4.70. The largest absolute Gasteiger partial charge is 0.341 e. The smallest absolute Gasteiger partial charge is 0.124 e. The third-order valence-corrected chi connectivity index (χ3v) is 5.02. The van der Waals surface area contributed by atoms with Gasteiger partial charge in [0.15, 0.2) is 0 Å². The summed E-state index contributed by atoms with van der Waals surface area (Å²) in [6, 6.07) is 9.29. The third-order valence-electron chi connectivity index (χ3n) is 5.02. The molecule has 0 saturated heterocycles. The Bertz CT molecular complexity index is 555. The Hall–Kier alpha value is -1.35. The molecule has 1 heterocycles. The summed E-state index contributed by atoms with van der Waals surface area (Å²) >= 11 is 0. The van der Waals surface area contributed by atoms with Gasteiger partial charge in [0.1, 0.15) is 5.82 Å². The highest BCUT2D eigenvalue weighted by atomic mass is 15.0. The fourth-order valence-corrected chi connectivity index (χ4v) is 4.03. The molecule has 2 N–H and O–H groups in total. The number of nitrogens with zero attached hydrogens (tertiary/aromatic N) is 1. The van der Waals surface area contributed by atoms with Gasteiger partial charge in [-0.1, -0.05) is 18.6 Å². The van der Waals surface area contributed by atoms with Gasteiger partial charge in [0, 0.05) is 6.04 Å². The molecule has 4 rings (SSSR count). The van der Waals surface area contributed by atoms with Crippen molar-refractivity contribution in [3.05, 3.63) is 30.1 Å². The average Bonchev–Trinajstić information content (AvgIpc) is 3.12. The first-order valence-electron chi connectivity index (χ1n) is 7.50. The van der Waals surface area contributed by atoms with Crippen LogP contribution in [0.4, 0.5) is 0 Å². The highest BCUT2D eigenvalue weighted by Crippen LogP contribution is 2.45. The second-order valence-corrected chi connectivity index (χ2v) is 6.31. The number of nitrogens with one attached hydrogen (secondary N) is 2. The summed E-state index contributed by atoms with van der Waals surface area (Å²) in [4.78, 5) is 8.14. The number of aromatic nitrogens is 2. The molecule has 2 aliphatic rings. The molecule has 1 aromatic heterocycles. The van der Waals surface area contributed by atoms with Gasteiger partial charge in [-0.2, -0.15) is 0 Å². The minimum absolute atomic E-state index is 0.316. The van der Waals surface area contributed by atoms with E-state index in [1.54, 1.807) is 0 Å². The topological polar surface area (TPSA) is 40.7 Å². The maximum absolute atomic E-state index is 4.70. The van der Waals surface area contributed by atoms with Gasteiger partial charge in [0.25, 0.3) is 0 Å². The Kier molecular flexibility index (Phi) is 2.62. The predicted molar refractivity (Wildman–Crippen MR) is 76.9 cm³/mol. The summed E-state index contributed by atoms with van der Waals surface area (Å²) in [5.41, 5.74) is 2.21. The van der Waals surface area contributed by atoms with Gasteiger partial charge < -0.3 is 10.3 Å².